The fourth-order valence-corrected chi connectivity index (χ4v) is 1.70. The number of hydrogen-bond acceptors (Lipinski definition) is 4. The first-order valence-corrected chi connectivity index (χ1v) is 4.15. The van der Waals surface area contributed by atoms with Crippen LogP contribution in [-0.4, -0.2) is 9.97 Å². The first-order valence-electron chi connectivity index (χ1n) is 4.15. The monoisotopic (exact) mass is 164 g/mol. The van der Waals surface area contributed by atoms with Gasteiger partial charge in [-0.25, -0.2) is 9.97 Å². The van der Waals surface area contributed by atoms with Crippen LogP contribution in [0.5, 0.6) is 0 Å². The molecule has 1 aliphatic carbocycles. The molecule has 1 aromatic heterocycles. The summed E-state index contributed by atoms with van der Waals surface area (Å²) in [6.45, 7) is 0.467. The molecule has 64 valence electrons. The summed E-state index contributed by atoms with van der Waals surface area (Å²) in [4.78, 5) is 8.28. The fraction of sp³-hybridized carbons (Fsp3) is 0.500. The number of aryl methyl sites for hydroxylation is 1. The van der Waals surface area contributed by atoms with Gasteiger partial charge in [0.15, 0.2) is 0 Å². The highest BCUT2D eigenvalue weighted by molar-refractivity contribution is 5.34. The molecular weight excluding hydrogens is 152 g/mol. The van der Waals surface area contributed by atoms with Gasteiger partial charge < -0.3 is 11.5 Å². The Morgan fingerprint density at radius 2 is 2.08 bits per heavy atom. The Morgan fingerprint density at radius 1 is 1.25 bits per heavy atom. The molecule has 0 bridgehead atoms. The third-order valence-corrected chi connectivity index (χ3v) is 2.23. The molecule has 1 heterocycles. The van der Waals surface area contributed by atoms with Crippen LogP contribution in [0.15, 0.2) is 0 Å². The highest BCUT2D eigenvalue weighted by atomic mass is 15.0. The van der Waals surface area contributed by atoms with Crippen LogP contribution in [0.3, 0.4) is 0 Å². The average Bonchev–Trinajstić information content (AvgIpc) is 2.50. The van der Waals surface area contributed by atoms with Crippen molar-refractivity contribution in [2.45, 2.75) is 25.8 Å². The molecule has 12 heavy (non-hydrogen) atoms. The van der Waals surface area contributed by atoms with Gasteiger partial charge in [0.2, 0.25) is 5.95 Å². The van der Waals surface area contributed by atoms with Crippen LogP contribution < -0.4 is 11.5 Å². The second kappa shape index (κ2) is 2.71. The highest BCUT2D eigenvalue weighted by Gasteiger charge is 2.17. The summed E-state index contributed by atoms with van der Waals surface area (Å²) < 4.78 is 0. The van der Waals surface area contributed by atoms with Gasteiger partial charge in [0.05, 0.1) is 5.69 Å². The predicted octanol–water partition coefficient (Wildman–Crippen LogP) is 0.00620. The smallest absolute Gasteiger partial charge is 0.220 e. The van der Waals surface area contributed by atoms with Crippen LogP contribution in [0, 0.1) is 0 Å². The minimum Gasteiger partial charge on any atom is -0.368 e. The molecular formula is C8H12N4. The summed E-state index contributed by atoms with van der Waals surface area (Å²) in [5, 5.41) is 0. The number of aromatic nitrogens is 2. The maximum Gasteiger partial charge on any atom is 0.220 e. The van der Waals surface area contributed by atoms with E-state index in [0.717, 1.165) is 30.7 Å². The van der Waals surface area contributed by atoms with Crippen LogP contribution in [0.4, 0.5) is 5.95 Å². The fourth-order valence-electron chi connectivity index (χ4n) is 1.70. The topological polar surface area (TPSA) is 77.8 Å². The lowest BCUT2D eigenvalue weighted by Gasteiger charge is -2.04. The average molecular weight is 164 g/mol. The molecule has 4 nitrogen and oxygen atoms in total. The second-order valence-electron chi connectivity index (χ2n) is 3.01. The van der Waals surface area contributed by atoms with Crippen molar-refractivity contribution >= 4 is 5.95 Å². The molecule has 4 N–H and O–H groups in total. The molecule has 0 unspecified atom stereocenters. The van der Waals surface area contributed by atoms with Crippen LogP contribution >= 0.6 is 0 Å². The van der Waals surface area contributed by atoms with E-state index in [1.165, 1.54) is 5.56 Å². The van der Waals surface area contributed by atoms with E-state index in [2.05, 4.69) is 9.97 Å². The Hall–Kier alpha value is -1.16. The van der Waals surface area contributed by atoms with Gasteiger partial charge in [-0.15, -0.1) is 0 Å². The Bertz CT molecular complexity index is 308. The van der Waals surface area contributed by atoms with E-state index in [-0.39, 0.29) is 0 Å². The van der Waals surface area contributed by atoms with Crippen molar-refractivity contribution in [3.8, 4) is 0 Å². The molecule has 0 saturated heterocycles. The molecule has 0 spiro atoms. The van der Waals surface area contributed by atoms with E-state index < -0.39 is 0 Å². The van der Waals surface area contributed by atoms with E-state index in [1.807, 2.05) is 0 Å². The molecule has 1 aliphatic rings. The van der Waals surface area contributed by atoms with Crippen molar-refractivity contribution < 1.29 is 0 Å². The maximum absolute atomic E-state index is 5.55. The van der Waals surface area contributed by atoms with Crippen LogP contribution in [0.1, 0.15) is 23.4 Å². The van der Waals surface area contributed by atoms with E-state index in [1.54, 1.807) is 0 Å². The van der Waals surface area contributed by atoms with Gasteiger partial charge in [-0.1, -0.05) is 0 Å². The van der Waals surface area contributed by atoms with Gasteiger partial charge in [0, 0.05) is 12.2 Å². The number of rotatable bonds is 1. The van der Waals surface area contributed by atoms with Gasteiger partial charge in [0.25, 0.3) is 0 Å². The molecule has 4 heteroatoms. The quantitative estimate of drug-likeness (QED) is 0.612. The van der Waals surface area contributed by atoms with Crippen molar-refractivity contribution in [1.29, 1.82) is 0 Å². The van der Waals surface area contributed by atoms with Crippen LogP contribution in [-0.2, 0) is 19.4 Å². The zero-order valence-corrected chi connectivity index (χ0v) is 6.88. The number of hydrogen-bond donors (Lipinski definition) is 2. The highest BCUT2D eigenvalue weighted by Crippen LogP contribution is 2.22. The minimum atomic E-state index is 0.358. The summed E-state index contributed by atoms with van der Waals surface area (Å²) in [5.41, 5.74) is 14.3. The molecule has 0 radical (unpaired) electrons. The molecule has 0 fully saturated rings. The summed E-state index contributed by atoms with van der Waals surface area (Å²) in [6, 6.07) is 0. The van der Waals surface area contributed by atoms with Gasteiger partial charge >= 0.3 is 0 Å². The predicted molar refractivity (Wildman–Crippen MR) is 46.4 cm³/mol. The number of fused-ring (bicyclic) bond motifs is 1. The van der Waals surface area contributed by atoms with E-state index in [4.69, 9.17) is 11.5 Å². The normalized spacial score (nSPS) is 14.8. The first kappa shape index (κ1) is 7.49. The van der Waals surface area contributed by atoms with Crippen molar-refractivity contribution in [3.63, 3.8) is 0 Å². The van der Waals surface area contributed by atoms with Crippen LogP contribution in [0.2, 0.25) is 0 Å². The summed E-state index contributed by atoms with van der Waals surface area (Å²) >= 11 is 0. The van der Waals surface area contributed by atoms with Crippen molar-refractivity contribution in [1.82, 2.24) is 9.97 Å². The van der Waals surface area contributed by atoms with E-state index in [0.29, 0.717) is 12.5 Å². The number of nitrogen functional groups attached to an aromatic ring is 1. The lowest BCUT2D eigenvalue weighted by molar-refractivity contribution is 0.892. The first-order chi connectivity index (χ1) is 5.81. The number of anilines is 1. The third kappa shape index (κ3) is 1.04. The van der Waals surface area contributed by atoms with Gasteiger partial charge in [-0.3, -0.25) is 0 Å². The molecule has 0 saturated carbocycles. The summed E-state index contributed by atoms with van der Waals surface area (Å²) in [7, 11) is 0. The molecule has 1 aromatic rings. The number of nitrogens with zero attached hydrogens (tertiary/aromatic N) is 2. The summed E-state index contributed by atoms with van der Waals surface area (Å²) in [6.07, 6.45) is 3.23. The lowest BCUT2D eigenvalue weighted by atomic mass is 10.2. The van der Waals surface area contributed by atoms with Gasteiger partial charge in [0.1, 0.15) is 0 Å². The van der Waals surface area contributed by atoms with Gasteiger partial charge in [-0.2, -0.15) is 0 Å². The van der Waals surface area contributed by atoms with Crippen molar-refractivity contribution in [2.75, 3.05) is 5.73 Å². The maximum atomic E-state index is 5.55. The van der Waals surface area contributed by atoms with Gasteiger partial charge in [-0.05, 0) is 24.8 Å². The largest absolute Gasteiger partial charge is 0.368 e. The third-order valence-electron chi connectivity index (χ3n) is 2.23. The van der Waals surface area contributed by atoms with E-state index >= 15 is 0 Å². The molecule has 0 atom stereocenters. The lowest BCUT2D eigenvalue weighted by Crippen LogP contribution is -2.09. The molecule has 0 amide bonds. The van der Waals surface area contributed by atoms with Crippen molar-refractivity contribution in [3.05, 3.63) is 17.0 Å². The molecule has 2 rings (SSSR count). The number of nitrogens with two attached hydrogens (primary N) is 2. The molecule has 0 aromatic carbocycles. The SMILES string of the molecule is NCc1nc(N)nc2c1CCC2. The minimum absolute atomic E-state index is 0.358. The summed E-state index contributed by atoms with van der Waals surface area (Å²) in [5.74, 6) is 0.358. The van der Waals surface area contributed by atoms with Crippen LogP contribution in [0.25, 0.3) is 0 Å². The Labute approximate surface area is 71.0 Å². The Balaban J connectivity index is 2.55. The zero-order chi connectivity index (χ0) is 8.55. The standard InChI is InChI=1S/C8H12N4/c9-4-7-5-2-1-3-6(5)11-8(10)12-7/h1-4,9H2,(H2,10,11,12). The molecule has 0 aliphatic heterocycles. The second-order valence-corrected chi connectivity index (χ2v) is 3.01. The van der Waals surface area contributed by atoms with Crippen molar-refractivity contribution in [2.24, 2.45) is 5.73 Å². The van der Waals surface area contributed by atoms with E-state index in [9.17, 15) is 0 Å². The Kier molecular flexibility index (Phi) is 1.69. The zero-order valence-electron chi connectivity index (χ0n) is 6.88. The Morgan fingerprint density at radius 3 is 2.83 bits per heavy atom.